The fourth-order valence-electron chi connectivity index (χ4n) is 2.18. The maximum Gasteiger partial charge on any atom is 0.275 e. The molecule has 1 amide bonds. The summed E-state index contributed by atoms with van der Waals surface area (Å²) in [5, 5.41) is 6.94. The van der Waals surface area contributed by atoms with Crippen molar-refractivity contribution >= 4 is 5.91 Å². The van der Waals surface area contributed by atoms with Crippen molar-refractivity contribution in [2.24, 2.45) is 0 Å². The van der Waals surface area contributed by atoms with Gasteiger partial charge in [-0.2, -0.15) is 9.78 Å². The standard InChI is InChI=1S/C18H23N3O4/c1-13(2)25-11-7-10-19-18(23)17-15(24-3)12-16(22)21(20-17)14-8-5-4-6-9-14/h4-6,8-9,12-13H,7,10-11H2,1-3H3,(H,19,23). The van der Waals surface area contributed by atoms with Gasteiger partial charge in [-0.15, -0.1) is 0 Å². The fraction of sp³-hybridized carbons (Fsp3) is 0.389. The van der Waals surface area contributed by atoms with E-state index in [0.717, 1.165) is 0 Å². The third kappa shape index (κ3) is 5.15. The molecule has 2 rings (SSSR count). The summed E-state index contributed by atoms with van der Waals surface area (Å²) in [5.74, 6) is -0.251. The average Bonchev–Trinajstić information content (AvgIpc) is 2.61. The lowest BCUT2D eigenvalue weighted by Crippen LogP contribution is -2.30. The zero-order chi connectivity index (χ0) is 18.2. The molecule has 7 heteroatoms. The second kappa shape index (κ2) is 8.98. The number of ether oxygens (including phenoxy) is 2. The number of carbonyl (C=O) groups is 1. The largest absolute Gasteiger partial charge is 0.494 e. The average molecular weight is 345 g/mol. The van der Waals surface area contributed by atoms with E-state index >= 15 is 0 Å². The summed E-state index contributed by atoms with van der Waals surface area (Å²) in [6.45, 7) is 4.92. The Balaban J connectivity index is 2.16. The van der Waals surface area contributed by atoms with Crippen molar-refractivity contribution in [1.29, 1.82) is 0 Å². The van der Waals surface area contributed by atoms with Gasteiger partial charge in [-0.3, -0.25) is 9.59 Å². The van der Waals surface area contributed by atoms with Crippen LogP contribution in [0, 0.1) is 0 Å². The molecule has 0 aliphatic heterocycles. The molecule has 0 spiro atoms. The Morgan fingerprint density at radius 2 is 2.00 bits per heavy atom. The fourth-order valence-corrected chi connectivity index (χ4v) is 2.18. The summed E-state index contributed by atoms with van der Waals surface area (Å²) in [6.07, 6.45) is 0.844. The molecule has 134 valence electrons. The Bertz CT molecular complexity index is 757. The maximum atomic E-state index is 12.4. The number of amides is 1. The molecule has 1 heterocycles. The van der Waals surface area contributed by atoms with Crippen LogP contribution in [0.5, 0.6) is 5.75 Å². The van der Waals surface area contributed by atoms with Crippen LogP contribution >= 0.6 is 0 Å². The van der Waals surface area contributed by atoms with Crippen molar-refractivity contribution < 1.29 is 14.3 Å². The highest BCUT2D eigenvalue weighted by atomic mass is 16.5. The van der Waals surface area contributed by atoms with Crippen molar-refractivity contribution in [3.8, 4) is 11.4 Å². The van der Waals surface area contributed by atoms with Crippen LogP contribution in [0.2, 0.25) is 0 Å². The van der Waals surface area contributed by atoms with E-state index in [1.54, 1.807) is 24.3 Å². The minimum Gasteiger partial charge on any atom is -0.494 e. The number of methoxy groups -OCH3 is 1. The quantitative estimate of drug-likeness (QED) is 0.738. The molecule has 0 saturated carbocycles. The molecular weight excluding hydrogens is 322 g/mol. The summed E-state index contributed by atoms with van der Waals surface area (Å²) in [5.41, 5.74) is 0.273. The second-order valence-corrected chi connectivity index (χ2v) is 5.68. The molecule has 0 aliphatic carbocycles. The van der Waals surface area contributed by atoms with Crippen molar-refractivity contribution in [3.05, 3.63) is 52.4 Å². The summed E-state index contributed by atoms with van der Waals surface area (Å²) >= 11 is 0. The van der Waals surface area contributed by atoms with E-state index in [4.69, 9.17) is 9.47 Å². The van der Waals surface area contributed by atoms with E-state index in [2.05, 4.69) is 10.4 Å². The Hall–Kier alpha value is -2.67. The Kier molecular flexibility index (Phi) is 6.71. The normalized spacial score (nSPS) is 10.7. The van der Waals surface area contributed by atoms with Gasteiger partial charge in [0, 0.05) is 13.2 Å². The number of hydrogen-bond acceptors (Lipinski definition) is 5. The molecule has 0 fully saturated rings. The van der Waals surface area contributed by atoms with E-state index in [-0.39, 0.29) is 23.1 Å². The monoisotopic (exact) mass is 345 g/mol. The van der Waals surface area contributed by atoms with Gasteiger partial charge in [0.2, 0.25) is 0 Å². The number of benzene rings is 1. The summed E-state index contributed by atoms with van der Waals surface area (Å²) in [4.78, 5) is 24.6. The van der Waals surface area contributed by atoms with E-state index in [1.807, 2.05) is 19.9 Å². The van der Waals surface area contributed by atoms with Crippen LogP contribution in [0.25, 0.3) is 5.69 Å². The summed E-state index contributed by atoms with van der Waals surface area (Å²) < 4.78 is 11.7. The van der Waals surface area contributed by atoms with Gasteiger partial charge in [0.1, 0.15) is 0 Å². The SMILES string of the molecule is COc1cc(=O)n(-c2ccccc2)nc1C(=O)NCCCOC(C)C. The van der Waals surface area contributed by atoms with Gasteiger partial charge in [0.05, 0.1) is 25.0 Å². The lowest BCUT2D eigenvalue weighted by atomic mass is 10.3. The van der Waals surface area contributed by atoms with Gasteiger partial charge in [0.25, 0.3) is 11.5 Å². The van der Waals surface area contributed by atoms with Crippen LogP contribution in [0.15, 0.2) is 41.2 Å². The van der Waals surface area contributed by atoms with Crippen LogP contribution in [-0.2, 0) is 4.74 Å². The van der Waals surface area contributed by atoms with Crippen molar-refractivity contribution in [2.75, 3.05) is 20.3 Å². The van der Waals surface area contributed by atoms with E-state index < -0.39 is 5.91 Å². The minimum atomic E-state index is -0.397. The number of rotatable bonds is 8. The third-order valence-corrected chi connectivity index (χ3v) is 3.39. The number of carbonyl (C=O) groups excluding carboxylic acids is 1. The maximum absolute atomic E-state index is 12.4. The summed E-state index contributed by atoms with van der Waals surface area (Å²) in [6, 6.07) is 10.2. The first-order valence-corrected chi connectivity index (χ1v) is 8.16. The Morgan fingerprint density at radius 1 is 1.28 bits per heavy atom. The number of para-hydroxylation sites is 1. The highest BCUT2D eigenvalue weighted by molar-refractivity contribution is 5.94. The van der Waals surface area contributed by atoms with Crippen molar-refractivity contribution in [3.63, 3.8) is 0 Å². The molecule has 0 bridgehead atoms. The molecule has 0 atom stereocenters. The predicted octanol–water partition coefficient (Wildman–Crippen LogP) is 1.79. The van der Waals surface area contributed by atoms with Crippen molar-refractivity contribution in [2.45, 2.75) is 26.4 Å². The topological polar surface area (TPSA) is 82.5 Å². The number of nitrogens with zero attached hydrogens (tertiary/aromatic N) is 2. The van der Waals surface area contributed by atoms with Gasteiger partial charge in [-0.25, -0.2) is 0 Å². The number of aromatic nitrogens is 2. The smallest absolute Gasteiger partial charge is 0.275 e. The van der Waals surface area contributed by atoms with E-state index in [1.165, 1.54) is 17.9 Å². The zero-order valence-corrected chi connectivity index (χ0v) is 14.7. The Labute approximate surface area is 146 Å². The molecule has 0 aliphatic rings. The molecule has 1 N–H and O–H groups in total. The third-order valence-electron chi connectivity index (χ3n) is 3.39. The van der Waals surface area contributed by atoms with Crippen LogP contribution in [0.3, 0.4) is 0 Å². The molecule has 0 radical (unpaired) electrons. The molecular formula is C18H23N3O4. The molecule has 1 aromatic heterocycles. The van der Waals surface area contributed by atoms with Gasteiger partial charge in [-0.1, -0.05) is 18.2 Å². The molecule has 7 nitrogen and oxygen atoms in total. The first-order valence-electron chi connectivity index (χ1n) is 8.16. The van der Waals surface area contributed by atoms with Crippen LogP contribution in [0.4, 0.5) is 0 Å². The summed E-state index contributed by atoms with van der Waals surface area (Å²) in [7, 11) is 1.40. The number of hydrogen-bond donors (Lipinski definition) is 1. The molecule has 1 aromatic carbocycles. The lowest BCUT2D eigenvalue weighted by molar-refractivity contribution is 0.0756. The van der Waals surface area contributed by atoms with Gasteiger partial charge in [-0.05, 0) is 32.4 Å². The Morgan fingerprint density at radius 3 is 2.64 bits per heavy atom. The molecule has 2 aromatic rings. The number of nitrogens with one attached hydrogen (secondary N) is 1. The van der Waals surface area contributed by atoms with E-state index in [0.29, 0.717) is 25.3 Å². The van der Waals surface area contributed by atoms with Gasteiger partial charge < -0.3 is 14.8 Å². The van der Waals surface area contributed by atoms with Gasteiger partial charge >= 0.3 is 0 Å². The predicted molar refractivity (Wildman–Crippen MR) is 94.4 cm³/mol. The first kappa shape index (κ1) is 18.7. The van der Waals surface area contributed by atoms with E-state index in [9.17, 15) is 9.59 Å². The van der Waals surface area contributed by atoms with Crippen LogP contribution in [-0.4, -0.2) is 42.1 Å². The van der Waals surface area contributed by atoms with Gasteiger partial charge in [0.15, 0.2) is 11.4 Å². The molecule has 25 heavy (non-hydrogen) atoms. The highest BCUT2D eigenvalue weighted by Crippen LogP contribution is 2.14. The van der Waals surface area contributed by atoms with Crippen LogP contribution < -0.4 is 15.6 Å². The lowest BCUT2D eigenvalue weighted by Gasteiger charge is -2.12. The van der Waals surface area contributed by atoms with Crippen molar-refractivity contribution in [1.82, 2.24) is 15.1 Å². The zero-order valence-electron chi connectivity index (χ0n) is 14.7. The first-order chi connectivity index (χ1) is 12.0. The molecule has 0 unspecified atom stereocenters. The highest BCUT2D eigenvalue weighted by Gasteiger charge is 2.17. The minimum absolute atomic E-state index is 0.0655. The second-order valence-electron chi connectivity index (χ2n) is 5.68. The molecule has 0 saturated heterocycles. The van der Waals surface area contributed by atoms with Crippen LogP contribution in [0.1, 0.15) is 30.8 Å².